The Morgan fingerprint density at radius 2 is 2.00 bits per heavy atom. The van der Waals surface area contributed by atoms with Crippen LogP contribution in [0.5, 0.6) is 5.75 Å². The minimum Gasteiger partial charge on any atom is -0.497 e. The van der Waals surface area contributed by atoms with E-state index in [1.54, 1.807) is 23.1 Å². The fourth-order valence-corrected chi connectivity index (χ4v) is 5.05. The van der Waals surface area contributed by atoms with Crippen LogP contribution in [0, 0.1) is 5.82 Å². The molecule has 2 aromatic carbocycles. The molecule has 0 saturated heterocycles. The molecule has 0 aromatic heterocycles. The number of hydrogen-bond acceptors (Lipinski definition) is 6. The van der Waals surface area contributed by atoms with E-state index in [9.17, 15) is 14.0 Å². The van der Waals surface area contributed by atoms with Gasteiger partial charge in [0.2, 0.25) is 0 Å². The Morgan fingerprint density at radius 3 is 2.68 bits per heavy atom. The number of nitrogens with one attached hydrogen (secondary N) is 2. The molecule has 0 bridgehead atoms. The Balaban J connectivity index is 1.54. The summed E-state index contributed by atoms with van der Waals surface area (Å²) in [5, 5.41) is 6.02. The third-order valence-electron chi connectivity index (χ3n) is 5.28. The number of ether oxygens (including phenoxy) is 1. The van der Waals surface area contributed by atoms with Gasteiger partial charge in [-0.15, -0.1) is 0 Å². The molecule has 2 aliphatic rings. The first-order valence-electron chi connectivity index (χ1n) is 9.57. The summed E-state index contributed by atoms with van der Waals surface area (Å²) in [7, 11) is 1.53. The van der Waals surface area contributed by atoms with Crippen molar-refractivity contribution in [1.29, 1.82) is 0 Å². The summed E-state index contributed by atoms with van der Waals surface area (Å²) in [6.45, 7) is 0.751. The van der Waals surface area contributed by atoms with Crippen molar-refractivity contribution in [1.82, 2.24) is 10.2 Å². The number of rotatable bonds is 4. The zero-order chi connectivity index (χ0) is 22.2. The first-order chi connectivity index (χ1) is 14.8. The highest BCUT2D eigenvalue weighted by molar-refractivity contribution is 8.05. The molecule has 4 rings (SSSR count). The zero-order valence-corrected chi connectivity index (χ0v) is 17.6. The van der Waals surface area contributed by atoms with Gasteiger partial charge in [0.05, 0.1) is 13.7 Å². The van der Waals surface area contributed by atoms with Crippen LogP contribution in [-0.4, -0.2) is 37.0 Å². The van der Waals surface area contributed by atoms with Crippen molar-refractivity contribution in [3.8, 4) is 5.75 Å². The Labute approximate surface area is 182 Å². The number of anilines is 2. The lowest BCUT2D eigenvalue weighted by Gasteiger charge is -2.28. The molecule has 0 radical (unpaired) electrons. The molecule has 1 unspecified atom stereocenters. The smallest absolute Gasteiger partial charge is 0.322 e. The monoisotopic (exact) mass is 443 g/mol. The van der Waals surface area contributed by atoms with Gasteiger partial charge < -0.3 is 31.7 Å². The van der Waals surface area contributed by atoms with Crippen LogP contribution in [0.3, 0.4) is 0 Å². The van der Waals surface area contributed by atoms with Gasteiger partial charge in [-0.05, 0) is 42.5 Å². The van der Waals surface area contributed by atoms with Crippen molar-refractivity contribution < 1.29 is 18.7 Å². The van der Waals surface area contributed by atoms with Crippen LogP contribution < -0.4 is 26.8 Å². The molecule has 0 fully saturated rings. The van der Waals surface area contributed by atoms with E-state index in [0.29, 0.717) is 42.2 Å². The van der Waals surface area contributed by atoms with Crippen LogP contribution in [0.25, 0.3) is 0 Å². The number of hydrogen-bond donors (Lipinski definition) is 4. The summed E-state index contributed by atoms with van der Waals surface area (Å²) in [6.07, 6.45) is 0.526. The van der Waals surface area contributed by atoms with Crippen molar-refractivity contribution in [2.45, 2.75) is 11.3 Å². The number of halogens is 1. The molecule has 2 heterocycles. The van der Waals surface area contributed by atoms with Gasteiger partial charge in [0.1, 0.15) is 11.6 Å². The van der Waals surface area contributed by atoms with E-state index >= 15 is 0 Å². The lowest BCUT2D eigenvalue weighted by atomic mass is 10.0. The van der Waals surface area contributed by atoms with Crippen LogP contribution in [0.15, 0.2) is 53.1 Å². The molecule has 6 N–H and O–H groups in total. The predicted octanol–water partition coefficient (Wildman–Crippen LogP) is 2.54. The average Bonchev–Trinajstić information content (AvgIpc) is 3.15. The first kappa shape index (κ1) is 20.9. The number of primary amides is 1. The highest BCUT2D eigenvalue weighted by Gasteiger charge is 2.48. The van der Waals surface area contributed by atoms with E-state index in [2.05, 4.69) is 10.6 Å². The summed E-state index contributed by atoms with van der Waals surface area (Å²) < 4.78 is 18.4. The van der Waals surface area contributed by atoms with Crippen molar-refractivity contribution in [2.75, 3.05) is 31.2 Å². The van der Waals surface area contributed by atoms with Crippen molar-refractivity contribution >= 4 is 35.1 Å². The van der Waals surface area contributed by atoms with E-state index in [1.807, 2.05) is 0 Å². The molecule has 162 valence electrons. The topological polar surface area (TPSA) is 123 Å². The summed E-state index contributed by atoms with van der Waals surface area (Å²) in [5.41, 5.74) is 14.3. The number of amides is 3. The fourth-order valence-electron chi connectivity index (χ4n) is 3.63. The average molecular weight is 444 g/mol. The van der Waals surface area contributed by atoms with Crippen LogP contribution in [0.2, 0.25) is 0 Å². The number of carbonyl (C=O) groups is 2. The van der Waals surface area contributed by atoms with Crippen LogP contribution in [0.1, 0.15) is 12.0 Å². The minimum absolute atomic E-state index is 0.304. The molecule has 0 spiro atoms. The normalized spacial score (nSPS) is 20.1. The molecular formula is C21H22FN5O3S. The highest BCUT2D eigenvalue weighted by Crippen LogP contribution is 2.50. The number of urea groups is 1. The molecule has 0 saturated carbocycles. The third-order valence-corrected chi connectivity index (χ3v) is 6.73. The molecule has 8 nitrogen and oxygen atoms in total. The lowest BCUT2D eigenvalue weighted by Crippen LogP contribution is -2.47. The number of benzene rings is 2. The van der Waals surface area contributed by atoms with Gasteiger partial charge in [0.15, 0.2) is 4.87 Å². The Bertz CT molecular complexity index is 1080. The lowest BCUT2D eigenvalue weighted by molar-refractivity contribution is -0.121. The van der Waals surface area contributed by atoms with E-state index < -0.39 is 10.8 Å². The van der Waals surface area contributed by atoms with Gasteiger partial charge in [-0.3, -0.25) is 4.79 Å². The molecule has 31 heavy (non-hydrogen) atoms. The summed E-state index contributed by atoms with van der Waals surface area (Å²) in [4.78, 5) is 26.5. The fraction of sp³-hybridized carbons (Fsp3) is 0.238. The first-order valence-corrected chi connectivity index (χ1v) is 10.4. The van der Waals surface area contributed by atoms with Crippen molar-refractivity contribution in [3.05, 3.63) is 64.4 Å². The van der Waals surface area contributed by atoms with Gasteiger partial charge in [-0.25, -0.2) is 9.18 Å². The highest BCUT2D eigenvalue weighted by atomic mass is 32.2. The second-order valence-corrected chi connectivity index (χ2v) is 8.55. The van der Waals surface area contributed by atoms with Crippen LogP contribution >= 0.6 is 11.8 Å². The number of methoxy groups -OCH3 is 1. The molecule has 3 amide bonds. The zero-order valence-electron chi connectivity index (χ0n) is 16.8. The Hall–Kier alpha value is -3.40. The minimum atomic E-state index is -1.28. The van der Waals surface area contributed by atoms with E-state index in [4.69, 9.17) is 16.2 Å². The van der Waals surface area contributed by atoms with Crippen molar-refractivity contribution in [2.24, 2.45) is 5.73 Å². The number of carbonyl (C=O) groups excluding carboxylic acids is 2. The summed E-state index contributed by atoms with van der Waals surface area (Å²) in [6, 6.07) is 10.3. The van der Waals surface area contributed by atoms with Crippen molar-refractivity contribution in [3.63, 3.8) is 0 Å². The molecule has 1 atom stereocenters. The van der Waals surface area contributed by atoms with E-state index in [-0.39, 0.29) is 11.8 Å². The molecular weight excluding hydrogens is 421 g/mol. The number of nitrogens with two attached hydrogens (primary N) is 2. The van der Waals surface area contributed by atoms with Crippen LogP contribution in [0.4, 0.5) is 20.6 Å². The maximum absolute atomic E-state index is 13.1. The SMILES string of the molecule is COc1ccc(N)c(C2(C(N)=O)NC3=C(CN(C(=O)Nc4ccc(F)cc4)CC3)S2)c1. The number of thioether (sulfide) groups is 1. The second kappa shape index (κ2) is 8.03. The second-order valence-electron chi connectivity index (χ2n) is 7.24. The summed E-state index contributed by atoms with van der Waals surface area (Å²) >= 11 is 1.25. The quantitative estimate of drug-likeness (QED) is 0.539. The van der Waals surface area contributed by atoms with Gasteiger partial charge in [-0.1, -0.05) is 11.8 Å². The van der Waals surface area contributed by atoms with Gasteiger partial charge in [-0.2, -0.15) is 0 Å². The standard InChI is InChI=1S/C21H22FN5O3S/c1-30-14-6-7-16(23)15(10-14)21(19(24)28)26-17-8-9-27(11-18(17)31-21)20(29)25-13-4-2-12(22)3-5-13/h2-7,10,26H,8-9,11,23H2,1H3,(H2,24,28)(H,25,29). The van der Waals surface area contributed by atoms with E-state index in [0.717, 1.165) is 10.6 Å². The Kier molecular flexibility index (Phi) is 5.40. The largest absolute Gasteiger partial charge is 0.497 e. The van der Waals surface area contributed by atoms with Gasteiger partial charge >= 0.3 is 6.03 Å². The maximum atomic E-state index is 13.1. The van der Waals surface area contributed by atoms with Crippen LogP contribution in [-0.2, 0) is 9.67 Å². The number of nitrogens with zero attached hydrogens (tertiary/aromatic N) is 1. The Morgan fingerprint density at radius 1 is 1.26 bits per heavy atom. The molecule has 2 aliphatic heterocycles. The third kappa shape index (κ3) is 3.86. The molecule has 2 aromatic rings. The van der Waals surface area contributed by atoms with Gasteiger partial charge in [0.25, 0.3) is 5.91 Å². The molecule has 10 heteroatoms. The maximum Gasteiger partial charge on any atom is 0.322 e. The molecule has 0 aliphatic carbocycles. The summed E-state index contributed by atoms with van der Waals surface area (Å²) in [5.74, 6) is -0.412. The predicted molar refractivity (Wildman–Crippen MR) is 118 cm³/mol. The van der Waals surface area contributed by atoms with Gasteiger partial charge in [0, 0.05) is 40.5 Å². The number of nitrogen functional groups attached to an aromatic ring is 1. The van der Waals surface area contributed by atoms with E-state index in [1.165, 1.54) is 43.1 Å².